The van der Waals surface area contributed by atoms with Gasteiger partial charge >= 0.3 is 0 Å². The number of carbonyl (C=O) groups excluding carboxylic acids is 1. The van der Waals surface area contributed by atoms with Gasteiger partial charge in [-0.1, -0.05) is 37.7 Å². The van der Waals surface area contributed by atoms with Gasteiger partial charge in [-0.3, -0.25) is 4.79 Å². The van der Waals surface area contributed by atoms with E-state index in [9.17, 15) is 4.79 Å². The van der Waals surface area contributed by atoms with E-state index in [2.05, 4.69) is 16.7 Å². The van der Waals surface area contributed by atoms with Gasteiger partial charge in [-0.15, -0.1) is 0 Å². The number of hydrogen-bond donors (Lipinski definition) is 0. The third kappa shape index (κ3) is 4.56. The number of aromatic nitrogens is 2. The van der Waals surface area contributed by atoms with Crippen molar-refractivity contribution >= 4 is 5.91 Å². The highest BCUT2D eigenvalue weighted by Gasteiger charge is 2.30. The number of nitrogens with zero attached hydrogens (tertiary/aromatic N) is 3. The molecule has 144 valence electrons. The maximum atomic E-state index is 13.1. The summed E-state index contributed by atoms with van der Waals surface area (Å²) in [5.74, 6) is 2.20. The minimum atomic E-state index is -0.0272. The normalized spacial score (nSPS) is 17.2. The largest absolute Gasteiger partial charge is 0.488 e. The molecular formula is C21H27N3O3. The first-order valence-electron chi connectivity index (χ1n) is 9.44. The van der Waals surface area contributed by atoms with Crippen molar-refractivity contribution < 1.29 is 14.1 Å². The van der Waals surface area contributed by atoms with Crippen molar-refractivity contribution in [1.29, 1.82) is 0 Å². The lowest BCUT2D eigenvalue weighted by molar-refractivity contribution is 0.0691. The summed E-state index contributed by atoms with van der Waals surface area (Å²) >= 11 is 0. The van der Waals surface area contributed by atoms with E-state index in [4.69, 9.17) is 9.26 Å². The van der Waals surface area contributed by atoms with E-state index in [1.54, 1.807) is 0 Å². The van der Waals surface area contributed by atoms with E-state index in [0.717, 1.165) is 25.0 Å². The molecule has 0 aliphatic carbocycles. The lowest BCUT2D eigenvalue weighted by atomic mass is 9.97. The van der Waals surface area contributed by atoms with Gasteiger partial charge in [-0.25, -0.2) is 0 Å². The molecule has 0 unspecified atom stereocenters. The molecule has 1 aliphatic rings. The SMILES string of the molecule is C=C(C)COc1ccccc1C(=O)N1CCC[C@H](c2nc(C(C)C)no2)C1. The Kier molecular flexibility index (Phi) is 5.94. The van der Waals surface area contributed by atoms with Crippen molar-refractivity contribution in [2.75, 3.05) is 19.7 Å². The Morgan fingerprint density at radius 2 is 2.19 bits per heavy atom. The predicted molar refractivity (Wildman–Crippen MR) is 103 cm³/mol. The molecule has 0 radical (unpaired) electrons. The highest BCUT2D eigenvalue weighted by Crippen LogP contribution is 2.29. The molecule has 0 spiro atoms. The molecule has 1 fully saturated rings. The van der Waals surface area contributed by atoms with Crippen LogP contribution in [0, 0.1) is 0 Å². The number of piperidine rings is 1. The average molecular weight is 369 g/mol. The van der Waals surface area contributed by atoms with Gasteiger partial charge in [0.05, 0.1) is 11.5 Å². The second-order valence-corrected chi connectivity index (χ2v) is 7.48. The van der Waals surface area contributed by atoms with E-state index in [1.807, 2.05) is 49.9 Å². The number of amides is 1. The summed E-state index contributed by atoms with van der Waals surface area (Å²) in [4.78, 5) is 19.5. The van der Waals surface area contributed by atoms with Crippen molar-refractivity contribution in [3.8, 4) is 5.75 Å². The predicted octanol–water partition coefficient (Wildman–Crippen LogP) is 4.17. The molecule has 1 aliphatic heterocycles. The molecule has 2 heterocycles. The number of hydrogen-bond acceptors (Lipinski definition) is 5. The van der Waals surface area contributed by atoms with Crippen molar-refractivity contribution in [1.82, 2.24) is 15.0 Å². The maximum Gasteiger partial charge on any atom is 0.257 e. The molecule has 6 heteroatoms. The topological polar surface area (TPSA) is 68.5 Å². The molecule has 2 aromatic rings. The Morgan fingerprint density at radius 1 is 1.41 bits per heavy atom. The van der Waals surface area contributed by atoms with Crippen LogP contribution in [0.25, 0.3) is 0 Å². The van der Waals surface area contributed by atoms with Crippen LogP contribution >= 0.6 is 0 Å². The van der Waals surface area contributed by atoms with Crippen LogP contribution in [0.4, 0.5) is 0 Å². The van der Waals surface area contributed by atoms with Crippen molar-refractivity contribution in [3.63, 3.8) is 0 Å². The Balaban J connectivity index is 1.74. The Hall–Kier alpha value is -2.63. The molecule has 1 atom stereocenters. The van der Waals surface area contributed by atoms with Crippen molar-refractivity contribution in [2.45, 2.75) is 45.4 Å². The van der Waals surface area contributed by atoms with Crippen LogP contribution in [-0.4, -0.2) is 40.6 Å². The molecule has 1 aromatic heterocycles. The van der Waals surface area contributed by atoms with Gasteiger partial charge in [0.1, 0.15) is 12.4 Å². The Bertz CT molecular complexity index is 813. The van der Waals surface area contributed by atoms with E-state index < -0.39 is 0 Å². The second kappa shape index (κ2) is 8.37. The van der Waals surface area contributed by atoms with Crippen LogP contribution in [-0.2, 0) is 0 Å². The Labute approximate surface area is 160 Å². The van der Waals surface area contributed by atoms with Gasteiger partial charge in [0.15, 0.2) is 5.82 Å². The zero-order chi connectivity index (χ0) is 19.4. The zero-order valence-corrected chi connectivity index (χ0v) is 16.3. The monoisotopic (exact) mass is 369 g/mol. The third-order valence-electron chi connectivity index (χ3n) is 4.62. The molecule has 1 aromatic carbocycles. The van der Waals surface area contributed by atoms with E-state index in [1.165, 1.54) is 0 Å². The summed E-state index contributed by atoms with van der Waals surface area (Å²) in [7, 11) is 0. The minimum absolute atomic E-state index is 0.0272. The lowest BCUT2D eigenvalue weighted by Crippen LogP contribution is -2.39. The summed E-state index contributed by atoms with van der Waals surface area (Å²) in [6.45, 7) is 11.5. The summed E-state index contributed by atoms with van der Waals surface area (Å²) in [6, 6.07) is 7.36. The number of benzene rings is 1. The Morgan fingerprint density at radius 3 is 2.89 bits per heavy atom. The fourth-order valence-electron chi connectivity index (χ4n) is 3.15. The molecule has 0 N–H and O–H groups in total. The maximum absolute atomic E-state index is 13.1. The standard InChI is InChI=1S/C21H27N3O3/c1-14(2)13-26-18-10-6-5-9-17(18)21(25)24-11-7-8-16(12-24)20-22-19(15(3)4)23-27-20/h5-6,9-10,15-16H,1,7-8,11-13H2,2-4H3/t16-/m0/s1. The molecule has 6 nitrogen and oxygen atoms in total. The van der Waals surface area contributed by atoms with Crippen LogP contribution in [0.1, 0.15) is 67.5 Å². The third-order valence-corrected chi connectivity index (χ3v) is 4.62. The smallest absolute Gasteiger partial charge is 0.257 e. The van der Waals surface area contributed by atoms with Gasteiger partial charge in [-0.05, 0) is 37.5 Å². The number of ether oxygens (including phenoxy) is 1. The lowest BCUT2D eigenvalue weighted by Gasteiger charge is -2.31. The van der Waals surface area contributed by atoms with Crippen LogP contribution in [0.5, 0.6) is 5.75 Å². The van der Waals surface area contributed by atoms with Gasteiger partial charge in [0.2, 0.25) is 5.89 Å². The minimum Gasteiger partial charge on any atom is -0.488 e. The fourth-order valence-corrected chi connectivity index (χ4v) is 3.15. The first-order chi connectivity index (χ1) is 13.0. The van der Waals surface area contributed by atoms with E-state index in [-0.39, 0.29) is 17.7 Å². The van der Waals surface area contributed by atoms with Crippen molar-refractivity contribution in [3.05, 3.63) is 53.7 Å². The molecule has 27 heavy (non-hydrogen) atoms. The zero-order valence-electron chi connectivity index (χ0n) is 16.3. The summed E-state index contributed by atoms with van der Waals surface area (Å²) in [5.41, 5.74) is 1.49. The highest BCUT2D eigenvalue weighted by atomic mass is 16.5. The summed E-state index contributed by atoms with van der Waals surface area (Å²) in [6.07, 6.45) is 1.85. The van der Waals surface area contributed by atoms with Crippen molar-refractivity contribution in [2.24, 2.45) is 0 Å². The molecule has 1 saturated heterocycles. The second-order valence-electron chi connectivity index (χ2n) is 7.48. The van der Waals surface area contributed by atoms with Crippen LogP contribution in [0.2, 0.25) is 0 Å². The average Bonchev–Trinajstić information content (AvgIpc) is 3.17. The quantitative estimate of drug-likeness (QED) is 0.715. The molecule has 1 amide bonds. The number of likely N-dealkylation sites (tertiary alicyclic amines) is 1. The van der Waals surface area contributed by atoms with Crippen LogP contribution in [0.15, 0.2) is 40.9 Å². The molecule has 0 bridgehead atoms. The molecule has 3 rings (SSSR count). The summed E-state index contributed by atoms with van der Waals surface area (Å²) < 4.78 is 11.2. The first kappa shape index (κ1) is 19.1. The van der Waals surface area contributed by atoms with Crippen LogP contribution < -0.4 is 4.74 Å². The fraction of sp³-hybridized carbons (Fsp3) is 0.476. The number of carbonyl (C=O) groups is 1. The van der Waals surface area contributed by atoms with E-state index in [0.29, 0.717) is 36.2 Å². The first-order valence-corrected chi connectivity index (χ1v) is 9.44. The van der Waals surface area contributed by atoms with Gasteiger partial charge in [-0.2, -0.15) is 4.98 Å². The highest BCUT2D eigenvalue weighted by molar-refractivity contribution is 5.97. The van der Waals surface area contributed by atoms with Gasteiger partial charge < -0.3 is 14.2 Å². The van der Waals surface area contributed by atoms with Crippen LogP contribution in [0.3, 0.4) is 0 Å². The summed E-state index contributed by atoms with van der Waals surface area (Å²) in [5, 5.41) is 4.06. The number of para-hydroxylation sites is 1. The molecular weight excluding hydrogens is 342 g/mol. The van der Waals surface area contributed by atoms with Gasteiger partial charge in [0.25, 0.3) is 5.91 Å². The van der Waals surface area contributed by atoms with Gasteiger partial charge in [0, 0.05) is 19.0 Å². The number of rotatable bonds is 6. The molecule has 0 saturated carbocycles. The van der Waals surface area contributed by atoms with E-state index >= 15 is 0 Å².